The van der Waals surface area contributed by atoms with Gasteiger partial charge < -0.3 is 14.8 Å². The summed E-state index contributed by atoms with van der Waals surface area (Å²) in [5, 5.41) is 3.79. The summed E-state index contributed by atoms with van der Waals surface area (Å²) in [6, 6.07) is 16.1. The highest BCUT2D eigenvalue weighted by molar-refractivity contribution is 7.15. The highest BCUT2D eigenvalue weighted by Gasteiger charge is 2.36. The smallest absolute Gasteiger partial charge is 0.310 e. The van der Waals surface area contributed by atoms with E-state index >= 15 is 0 Å². The first-order valence-electron chi connectivity index (χ1n) is 11.5. The Morgan fingerprint density at radius 1 is 0.971 bits per heavy atom. The molecule has 1 aliphatic heterocycles. The first-order valence-corrected chi connectivity index (χ1v) is 12.3. The predicted molar refractivity (Wildman–Crippen MR) is 129 cm³/mol. The SMILES string of the molecule is O=C(Nc1cc(F)ccc1F)N1Cc2c(sc3c2CCCC3)-n2cccc2[C@@H]1c1ccccc1. The summed E-state index contributed by atoms with van der Waals surface area (Å²) in [5.41, 5.74) is 4.27. The van der Waals surface area contributed by atoms with Gasteiger partial charge in [-0.25, -0.2) is 13.6 Å². The fourth-order valence-electron chi connectivity index (χ4n) is 5.15. The van der Waals surface area contributed by atoms with Crippen molar-refractivity contribution < 1.29 is 13.6 Å². The molecule has 6 rings (SSSR count). The van der Waals surface area contributed by atoms with Gasteiger partial charge >= 0.3 is 6.03 Å². The van der Waals surface area contributed by atoms with Gasteiger partial charge in [0.1, 0.15) is 16.6 Å². The van der Waals surface area contributed by atoms with Crippen LogP contribution in [0, 0.1) is 11.6 Å². The summed E-state index contributed by atoms with van der Waals surface area (Å²) >= 11 is 1.81. The number of benzene rings is 2. The number of carbonyl (C=O) groups is 1. The average Bonchev–Trinajstić information content (AvgIpc) is 3.44. The molecule has 2 aromatic heterocycles. The number of rotatable bonds is 2. The Labute approximate surface area is 200 Å². The molecule has 2 aromatic carbocycles. The fourth-order valence-corrected chi connectivity index (χ4v) is 6.56. The van der Waals surface area contributed by atoms with Gasteiger partial charge in [0.25, 0.3) is 0 Å². The van der Waals surface area contributed by atoms with Crippen LogP contribution >= 0.6 is 11.3 Å². The molecule has 0 saturated carbocycles. The van der Waals surface area contributed by atoms with Gasteiger partial charge in [-0.05, 0) is 61.1 Å². The lowest BCUT2D eigenvalue weighted by atomic mass is 9.95. The zero-order chi connectivity index (χ0) is 23.2. The second-order valence-corrected chi connectivity index (χ2v) is 9.88. The third-order valence-corrected chi connectivity index (χ3v) is 8.06. The van der Waals surface area contributed by atoms with Gasteiger partial charge in [0.15, 0.2) is 0 Å². The number of carbonyl (C=O) groups excluding carboxylic acids is 1. The number of nitrogens with one attached hydrogen (secondary N) is 1. The van der Waals surface area contributed by atoms with E-state index in [4.69, 9.17) is 0 Å². The Balaban J connectivity index is 1.50. The van der Waals surface area contributed by atoms with Crippen molar-refractivity contribution in [2.45, 2.75) is 38.3 Å². The van der Waals surface area contributed by atoms with Gasteiger partial charge in [-0.15, -0.1) is 11.3 Å². The molecular formula is C27H23F2N3OS. The Hall–Kier alpha value is -3.45. The molecule has 1 N–H and O–H groups in total. The number of amides is 2. The number of anilines is 1. The van der Waals surface area contributed by atoms with Crippen molar-refractivity contribution in [2.75, 3.05) is 5.32 Å². The van der Waals surface area contributed by atoms with E-state index in [2.05, 4.69) is 16.1 Å². The van der Waals surface area contributed by atoms with E-state index in [-0.39, 0.29) is 11.7 Å². The lowest BCUT2D eigenvalue weighted by Crippen LogP contribution is -2.38. The molecule has 34 heavy (non-hydrogen) atoms. The van der Waals surface area contributed by atoms with Crippen LogP contribution in [0.5, 0.6) is 0 Å². The standard InChI is InChI=1S/C27H23F2N3OS/c28-18-12-13-21(29)22(15-18)30-27(33)32-16-20-19-9-4-5-11-24(19)34-26(20)31-14-6-10-23(31)25(32)17-7-2-1-3-8-17/h1-3,6-8,10,12-15,25H,4-5,9,11,16H2,(H,30,33)/t25-/m0/s1. The average molecular weight is 476 g/mol. The number of hydrogen-bond donors (Lipinski definition) is 1. The summed E-state index contributed by atoms with van der Waals surface area (Å²) in [6.07, 6.45) is 6.44. The van der Waals surface area contributed by atoms with Crippen molar-refractivity contribution in [1.29, 1.82) is 0 Å². The number of halogens is 2. The Morgan fingerprint density at radius 3 is 2.65 bits per heavy atom. The van der Waals surface area contributed by atoms with E-state index < -0.39 is 17.7 Å². The maximum atomic E-state index is 14.4. The molecule has 172 valence electrons. The largest absolute Gasteiger partial charge is 0.323 e. The molecule has 4 nitrogen and oxygen atoms in total. The molecule has 0 saturated heterocycles. The van der Waals surface area contributed by atoms with Crippen LogP contribution in [0.15, 0.2) is 66.9 Å². The molecule has 7 heteroatoms. The lowest BCUT2D eigenvalue weighted by Gasteiger charge is -2.31. The molecule has 1 atom stereocenters. The Bertz CT molecular complexity index is 1380. The van der Waals surface area contributed by atoms with Crippen LogP contribution in [0.1, 0.15) is 46.1 Å². The van der Waals surface area contributed by atoms with Crippen molar-refractivity contribution in [3.05, 3.63) is 106 Å². The zero-order valence-electron chi connectivity index (χ0n) is 18.4. The molecule has 0 fully saturated rings. The van der Waals surface area contributed by atoms with Gasteiger partial charge in [-0.2, -0.15) is 0 Å². The zero-order valence-corrected chi connectivity index (χ0v) is 19.2. The van der Waals surface area contributed by atoms with Crippen molar-refractivity contribution in [3.8, 4) is 5.00 Å². The summed E-state index contributed by atoms with van der Waals surface area (Å²) in [5.74, 6) is -1.27. The molecular weight excluding hydrogens is 452 g/mol. The number of fused-ring (bicyclic) bond motifs is 5. The molecule has 0 unspecified atom stereocenters. The number of nitrogens with zero attached hydrogens (tertiary/aromatic N) is 2. The van der Waals surface area contributed by atoms with E-state index in [1.165, 1.54) is 16.9 Å². The van der Waals surface area contributed by atoms with Crippen molar-refractivity contribution in [3.63, 3.8) is 0 Å². The number of aromatic nitrogens is 1. The summed E-state index contributed by atoms with van der Waals surface area (Å²) in [6.45, 7) is 0.394. The second kappa shape index (κ2) is 8.40. The second-order valence-electron chi connectivity index (χ2n) is 8.79. The number of hydrogen-bond acceptors (Lipinski definition) is 2. The molecule has 2 amide bonds. The number of aryl methyl sites for hydroxylation is 1. The topological polar surface area (TPSA) is 37.3 Å². The first kappa shape index (κ1) is 21.1. The first-order chi connectivity index (χ1) is 16.6. The van der Waals surface area contributed by atoms with Crippen LogP contribution in [-0.4, -0.2) is 15.5 Å². The minimum Gasteiger partial charge on any atom is -0.310 e. The van der Waals surface area contributed by atoms with Gasteiger partial charge in [0.2, 0.25) is 0 Å². The van der Waals surface area contributed by atoms with Crippen LogP contribution in [0.2, 0.25) is 0 Å². The minimum absolute atomic E-state index is 0.163. The molecule has 0 spiro atoms. The molecule has 0 radical (unpaired) electrons. The third kappa shape index (κ3) is 3.51. The van der Waals surface area contributed by atoms with E-state index in [0.717, 1.165) is 59.3 Å². The predicted octanol–water partition coefficient (Wildman–Crippen LogP) is 6.83. The van der Waals surface area contributed by atoms with Crippen LogP contribution in [0.4, 0.5) is 19.3 Å². The van der Waals surface area contributed by atoms with Crippen LogP contribution in [0.25, 0.3) is 5.00 Å². The quantitative estimate of drug-likeness (QED) is 0.339. The summed E-state index contributed by atoms with van der Waals surface area (Å²) < 4.78 is 30.4. The molecule has 2 aliphatic rings. The Morgan fingerprint density at radius 2 is 1.79 bits per heavy atom. The molecule has 1 aliphatic carbocycles. The van der Waals surface area contributed by atoms with E-state index in [1.54, 1.807) is 4.90 Å². The third-order valence-electron chi connectivity index (χ3n) is 6.73. The van der Waals surface area contributed by atoms with Crippen LogP contribution < -0.4 is 5.32 Å². The highest BCUT2D eigenvalue weighted by Crippen LogP contribution is 2.44. The van der Waals surface area contributed by atoms with Crippen molar-refractivity contribution >= 4 is 23.1 Å². The molecule has 0 bridgehead atoms. The normalized spacial score (nSPS) is 16.9. The van der Waals surface area contributed by atoms with Gasteiger partial charge in [-0.3, -0.25) is 0 Å². The highest BCUT2D eigenvalue weighted by atomic mass is 32.1. The van der Waals surface area contributed by atoms with Gasteiger partial charge in [0, 0.05) is 22.7 Å². The van der Waals surface area contributed by atoms with Crippen molar-refractivity contribution in [1.82, 2.24) is 9.47 Å². The summed E-state index contributed by atoms with van der Waals surface area (Å²) in [4.78, 5) is 16.9. The monoisotopic (exact) mass is 475 g/mol. The number of urea groups is 1. The number of thiophene rings is 1. The van der Waals surface area contributed by atoms with E-state index in [0.29, 0.717) is 6.54 Å². The molecule has 4 aromatic rings. The van der Waals surface area contributed by atoms with Crippen LogP contribution in [-0.2, 0) is 19.4 Å². The maximum absolute atomic E-state index is 14.4. The van der Waals surface area contributed by atoms with E-state index in [1.807, 2.05) is 53.8 Å². The summed E-state index contributed by atoms with van der Waals surface area (Å²) in [7, 11) is 0. The Kier molecular flexibility index (Phi) is 5.21. The fraction of sp³-hybridized carbons (Fsp3) is 0.222. The van der Waals surface area contributed by atoms with E-state index in [9.17, 15) is 13.6 Å². The van der Waals surface area contributed by atoms with Crippen LogP contribution in [0.3, 0.4) is 0 Å². The lowest BCUT2D eigenvalue weighted by molar-refractivity contribution is 0.194. The minimum atomic E-state index is -0.669. The van der Waals surface area contributed by atoms with Gasteiger partial charge in [-0.1, -0.05) is 30.3 Å². The molecule has 3 heterocycles. The van der Waals surface area contributed by atoms with Gasteiger partial charge in [0.05, 0.1) is 24.0 Å². The van der Waals surface area contributed by atoms with Crippen molar-refractivity contribution in [2.24, 2.45) is 0 Å². The maximum Gasteiger partial charge on any atom is 0.323 e.